The number of aliphatic imine (C=N–C) groups is 1. The van der Waals surface area contributed by atoms with Gasteiger partial charge in [0.05, 0.1) is 0 Å². The van der Waals surface area contributed by atoms with Gasteiger partial charge in [-0.2, -0.15) is 0 Å². The van der Waals surface area contributed by atoms with Crippen molar-refractivity contribution in [3.05, 3.63) is 0 Å². The van der Waals surface area contributed by atoms with E-state index >= 15 is 0 Å². The van der Waals surface area contributed by atoms with Crippen LogP contribution in [0.25, 0.3) is 0 Å². The molecule has 0 amide bonds. The molecule has 4 heteroatoms. The monoisotopic (exact) mass is 242 g/mol. The molecule has 0 saturated carbocycles. The lowest BCUT2D eigenvalue weighted by atomic mass is 10.2. The number of unbranched alkanes of at least 4 members (excludes halogenated alkanes) is 2. The van der Waals surface area contributed by atoms with Gasteiger partial charge >= 0.3 is 0 Å². The van der Waals surface area contributed by atoms with Crippen molar-refractivity contribution in [2.45, 2.75) is 40.0 Å². The number of likely N-dealkylation sites (N-methyl/N-ethyl adjacent to an activating group) is 1. The topological polar surface area (TPSA) is 39.7 Å². The summed E-state index contributed by atoms with van der Waals surface area (Å²) in [6.07, 6.45) is 3.76. The lowest BCUT2D eigenvalue weighted by molar-refractivity contribution is 0.308. The van der Waals surface area contributed by atoms with Crippen molar-refractivity contribution in [1.29, 1.82) is 0 Å². The zero-order valence-corrected chi connectivity index (χ0v) is 12.1. The Bertz CT molecular complexity index is 188. The Labute approximate surface area is 107 Å². The molecule has 0 aliphatic carbocycles. The van der Waals surface area contributed by atoms with Crippen molar-refractivity contribution < 1.29 is 0 Å². The lowest BCUT2D eigenvalue weighted by Gasteiger charge is -2.19. The number of nitrogens with zero attached hydrogens (tertiary/aromatic N) is 2. The van der Waals surface area contributed by atoms with Crippen molar-refractivity contribution in [1.82, 2.24) is 15.5 Å². The molecule has 0 radical (unpaired) electrons. The van der Waals surface area contributed by atoms with Gasteiger partial charge in [0.2, 0.25) is 0 Å². The molecule has 102 valence electrons. The van der Waals surface area contributed by atoms with Gasteiger partial charge in [0.1, 0.15) is 0 Å². The first-order valence-corrected chi connectivity index (χ1v) is 6.95. The number of nitrogens with one attached hydrogen (secondary N) is 2. The summed E-state index contributed by atoms with van der Waals surface area (Å²) in [7, 11) is 1.83. The summed E-state index contributed by atoms with van der Waals surface area (Å²) in [5, 5.41) is 6.68. The van der Waals surface area contributed by atoms with Crippen LogP contribution in [0.4, 0.5) is 0 Å². The highest BCUT2D eigenvalue weighted by Crippen LogP contribution is 1.90. The molecule has 0 aromatic carbocycles. The van der Waals surface area contributed by atoms with Gasteiger partial charge in [-0.15, -0.1) is 0 Å². The van der Waals surface area contributed by atoms with Gasteiger partial charge in [0.25, 0.3) is 0 Å². The Kier molecular flexibility index (Phi) is 11.2. The van der Waals surface area contributed by atoms with Crippen LogP contribution in [0.5, 0.6) is 0 Å². The molecular weight excluding hydrogens is 212 g/mol. The zero-order valence-electron chi connectivity index (χ0n) is 12.1. The molecule has 0 aromatic rings. The van der Waals surface area contributed by atoms with E-state index < -0.39 is 0 Å². The summed E-state index contributed by atoms with van der Waals surface area (Å²) in [5.74, 6) is 0.924. The molecular formula is C13H30N4. The predicted octanol–water partition coefficient (Wildman–Crippen LogP) is 1.68. The fourth-order valence-electron chi connectivity index (χ4n) is 1.67. The maximum absolute atomic E-state index is 4.21. The van der Waals surface area contributed by atoms with Crippen LogP contribution < -0.4 is 10.6 Å². The molecule has 0 fully saturated rings. The summed E-state index contributed by atoms with van der Waals surface area (Å²) in [5.41, 5.74) is 0. The van der Waals surface area contributed by atoms with E-state index in [9.17, 15) is 0 Å². The highest BCUT2D eigenvalue weighted by Gasteiger charge is 2.00. The fraction of sp³-hybridized carbons (Fsp3) is 0.923. The first-order chi connectivity index (χ1) is 8.28. The maximum Gasteiger partial charge on any atom is 0.191 e. The molecule has 0 atom stereocenters. The Hall–Kier alpha value is -0.770. The summed E-state index contributed by atoms with van der Waals surface area (Å²) in [6, 6.07) is 0. The first-order valence-electron chi connectivity index (χ1n) is 6.95. The first kappa shape index (κ1) is 16.2. The number of guanidine groups is 1. The minimum Gasteiger partial charge on any atom is -0.356 e. The Morgan fingerprint density at radius 3 is 2.18 bits per heavy atom. The van der Waals surface area contributed by atoms with Gasteiger partial charge in [-0.1, -0.05) is 33.6 Å². The van der Waals surface area contributed by atoms with Crippen molar-refractivity contribution in [2.24, 2.45) is 4.99 Å². The molecule has 0 saturated heterocycles. The van der Waals surface area contributed by atoms with Crippen molar-refractivity contribution >= 4 is 5.96 Å². The largest absolute Gasteiger partial charge is 0.356 e. The van der Waals surface area contributed by atoms with Crippen LogP contribution in [-0.2, 0) is 0 Å². The Balaban J connectivity index is 3.61. The molecule has 0 bridgehead atoms. The van der Waals surface area contributed by atoms with E-state index in [0.717, 1.165) is 38.7 Å². The van der Waals surface area contributed by atoms with Crippen LogP contribution in [0.15, 0.2) is 4.99 Å². The normalized spacial score (nSPS) is 11.9. The van der Waals surface area contributed by atoms with E-state index in [0.29, 0.717) is 0 Å². The molecule has 4 nitrogen and oxygen atoms in total. The second kappa shape index (κ2) is 11.7. The van der Waals surface area contributed by atoms with Crippen LogP contribution in [0.3, 0.4) is 0 Å². The second-order valence-corrected chi connectivity index (χ2v) is 4.16. The standard InChI is InChI=1S/C13H30N4/c1-5-8-9-10-15-13(14-4)16-11-12-17(6-2)7-3/h5-12H2,1-4H3,(H2,14,15,16). The minimum atomic E-state index is 0.924. The number of hydrogen-bond donors (Lipinski definition) is 2. The van der Waals surface area contributed by atoms with E-state index in [1.807, 2.05) is 7.05 Å². The fourth-order valence-corrected chi connectivity index (χ4v) is 1.67. The van der Waals surface area contributed by atoms with Gasteiger partial charge < -0.3 is 15.5 Å². The molecule has 2 N–H and O–H groups in total. The van der Waals surface area contributed by atoms with Crippen LogP contribution in [0, 0.1) is 0 Å². The highest BCUT2D eigenvalue weighted by atomic mass is 15.2. The maximum atomic E-state index is 4.21. The molecule has 0 rings (SSSR count). The summed E-state index contributed by atoms with van der Waals surface area (Å²) in [4.78, 5) is 6.61. The third kappa shape index (κ3) is 8.98. The van der Waals surface area contributed by atoms with Crippen molar-refractivity contribution in [2.75, 3.05) is 39.8 Å². The Morgan fingerprint density at radius 2 is 1.65 bits per heavy atom. The van der Waals surface area contributed by atoms with Gasteiger partial charge in [-0.05, 0) is 19.5 Å². The van der Waals surface area contributed by atoms with E-state index in [-0.39, 0.29) is 0 Å². The minimum absolute atomic E-state index is 0.924. The van der Waals surface area contributed by atoms with Gasteiger partial charge in [-0.3, -0.25) is 4.99 Å². The van der Waals surface area contributed by atoms with Gasteiger partial charge in [0, 0.05) is 26.7 Å². The molecule has 17 heavy (non-hydrogen) atoms. The van der Waals surface area contributed by atoms with Crippen LogP contribution in [0.2, 0.25) is 0 Å². The molecule has 0 heterocycles. The Morgan fingerprint density at radius 1 is 1.00 bits per heavy atom. The molecule has 0 spiro atoms. The molecule has 0 aromatic heterocycles. The van der Waals surface area contributed by atoms with E-state index in [1.54, 1.807) is 0 Å². The summed E-state index contributed by atoms with van der Waals surface area (Å²) in [6.45, 7) is 11.9. The lowest BCUT2D eigenvalue weighted by Crippen LogP contribution is -2.41. The molecule has 0 aliphatic rings. The zero-order chi connectivity index (χ0) is 12.9. The van der Waals surface area contributed by atoms with Crippen LogP contribution >= 0.6 is 0 Å². The third-order valence-corrected chi connectivity index (χ3v) is 2.91. The average Bonchev–Trinajstić information content (AvgIpc) is 2.37. The van der Waals surface area contributed by atoms with E-state index in [1.165, 1.54) is 19.3 Å². The smallest absolute Gasteiger partial charge is 0.191 e. The van der Waals surface area contributed by atoms with E-state index in [4.69, 9.17) is 0 Å². The number of rotatable bonds is 9. The molecule has 0 unspecified atom stereocenters. The van der Waals surface area contributed by atoms with E-state index in [2.05, 4.69) is 41.3 Å². The van der Waals surface area contributed by atoms with Gasteiger partial charge in [-0.25, -0.2) is 0 Å². The molecule has 0 aliphatic heterocycles. The van der Waals surface area contributed by atoms with Gasteiger partial charge in [0.15, 0.2) is 5.96 Å². The second-order valence-electron chi connectivity index (χ2n) is 4.16. The van der Waals surface area contributed by atoms with Crippen molar-refractivity contribution in [3.63, 3.8) is 0 Å². The number of hydrogen-bond acceptors (Lipinski definition) is 2. The predicted molar refractivity (Wildman–Crippen MR) is 76.7 cm³/mol. The van der Waals surface area contributed by atoms with Crippen LogP contribution in [0.1, 0.15) is 40.0 Å². The third-order valence-electron chi connectivity index (χ3n) is 2.91. The van der Waals surface area contributed by atoms with Crippen molar-refractivity contribution in [3.8, 4) is 0 Å². The summed E-state index contributed by atoms with van der Waals surface area (Å²) < 4.78 is 0. The quantitative estimate of drug-likeness (QED) is 0.367. The SMILES string of the molecule is CCCCCNC(=NC)NCCN(CC)CC. The highest BCUT2D eigenvalue weighted by molar-refractivity contribution is 5.79. The average molecular weight is 242 g/mol. The summed E-state index contributed by atoms with van der Waals surface area (Å²) >= 11 is 0. The van der Waals surface area contributed by atoms with Crippen LogP contribution in [-0.4, -0.2) is 50.6 Å².